The molecule has 0 unspecified atom stereocenters. The van der Waals surface area contributed by atoms with E-state index in [0.29, 0.717) is 5.56 Å². The molecule has 5 nitrogen and oxygen atoms in total. The summed E-state index contributed by atoms with van der Waals surface area (Å²) in [6, 6.07) is 11.8. The first-order chi connectivity index (χ1) is 12.2. The number of carbonyl (C=O) groups excluding carboxylic acids is 1. The van der Waals surface area contributed by atoms with Gasteiger partial charge in [0.15, 0.2) is 0 Å². The van der Waals surface area contributed by atoms with Crippen LogP contribution in [0.15, 0.2) is 55.0 Å². The van der Waals surface area contributed by atoms with Crippen molar-refractivity contribution in [1.29, 1.82) is 0 Å². The molecule has 25 heavy (non-hydrogen) atoms. The Morgan fingerprint density at radius 1 is 1.12 bits per heavy atom. The van der Waals surface area contributed by atoms with Crippen LogP contribution in [0.1, 0.15) is 30.1 Å². The molecule has 1 aromatic carbocycles. The predicted octanol–water partition coefficient (Wildman–Crippen LogP) is 3.82. The van der Waals surface area contributed by atoms with Gasteiger partial charge >= 0.3 is 0 Å². The zero-order valence-electron chi connectivity index (χ0n) is 14.4. The third-order valence-corrected chi connectivity index (χ3v) is 4.92. The van der Waals surface area contributed by atoms with E-state index in [1.54, 1.807) is 18.5 Å². The summed E-state index contributed by atoms with van der Waals surface area (Å²) in [4.78, 5) is 19.1. The van der Waals surface area contributed by atoms with Gasteiger partial charge in [0.05, 0.1) is 5.56 Å². The van der Waals surface area contributed by atoms with Gasteiger partial charge < -0.3 is 14.6 Å². The minimum Gasteiger partial charge on any atom is -0.372 e. The summed E-state index contributed by atoms with van der Waals surface area (Å²) < 4.78 is 1.84. The molecule has 0 bridgehead atoms. The van der Waals surface area contributed by atoms with Crippen molar-refractivity contribution in [2.24, 2.45) is 5.92 Å². The molecule has 128 valence electrons. The topological polar surface area (TPSA) is 49.6 Å². The fraction of sp³-hybridized carbons (Fsp3) is 0.300. The molecule has 1 fully saturated rings. The monoisotopic (exact) mass is 334 g/mol. The van der Waals surface area contributed by atoms with E-state index in [0.717, 1.165) is 30.3 Å². The Labute approximate surface area is 147 Å². The number of hydrogen-bond acceptors (Lipinski definition) is 3. The van der Waals surface area contributed by atoms with Crippen LogP contribution in [0, 0.1) is 5.92 Å². The average molecular weight is 334 g/mol. The third-order valence-electron chi connectivity index (χ3n) is 4.92. The number of aromatic nitrogens is 2. The largest absolute Gasteiger partial charge is 0.372 e. The zero-order valence-corrected chi connectivity index (χ0v) is 14.4. The molecule has 0 aliphatic carbocycles. The van der Waals surface area contributed by atoms with Gasteiger partial charge in [-0.15, -0.1) is 0 Å². The van der Waals surface area contributed by atoms with Gasteiger partial charge in [-0.2, -0.15) is 0 Å². The minimum atomic E-state index is -0.116. The second-order valence-corrected chi connectivity index (χ2v) is 6.78. The number of benzene rings is 1. The van der Waals surface area contributed by atoms with Gasteiger partial charge in [0.25, 0.3) is 5.91 Å². The number of amides is 1. The Kier molecular flexibility index (Phi) is 4.14. The minimum absolute atomic E-state index is 0.116. The molecule has 2 aromatic heterocycles. The van der Waals surface area contributed by atoms with Crippen molar-refractivity contribution in [3.8, 4) is 0 Å². The van der Waals surface area contributed by atoms with Crippen LogP contribution in [0.5, 0.6) is 0 Å². The molecule has 0 atom stereocenters. The molecule has 0 spiro atoms. The van der Waals surface area contributed by atoms with Crippen molar-refractivity contribution >= 4 is 22.9 Å². The van der Waals surface area contributed by atoms with E-state index in [-0.39, 0.29) is 5.91 Å². The van der Waals surface area contributed by atoms with E-state index in [1.807, 2.05) is 28.8 Å². The second kappa shape index (κ2) is 6.59. The van der Waals surface area contributed by atoms with Crippen molar-refractivity contribution in [3.63, 3.8) is 0 Å². The van der Waals surface area contributed by atoms with E-state index >= 15 is 0 Å². The number of fused-ring (bicyclic) bond motifs is 1. The fourth-order valence-corrected chi connectivity index (χ4v) is 3.28. The first kappa shape index (κ1) is 15.7. The maximum Gasteiger partial charge on any atom is 0.257 e. The highest BCUT2D eigenvalue weighted by Crippen LogP contribution is 2.24. The maximum atomic E-state index is 12.4. The molecule has 1 saturated heterocycles. The van der Waals surface area contributed by atoms with Gasteiger partial charge in [-0.3, -0.25) is 4.79 Å². The van der Waals surface area contributed by atoms with Crippen LogP contribution in [0.2, 0.25) is 0 Å². The Bertz CT molecular complexity index is 876. The number of nitrogens with zero attached hydrogens (tertiary/aromatic N) is 3. The summed E-state index contributed by atoms with van der Waals surface area (Å²) in [5.41, 5.74) is 3.48. The number of hydrogen-bond donors (Lipinski definition) is 1. The summed E-state index contributed by atoms with van der Waals surface area (Å²) >= 11 is 0. The molecule has 0 radical (unpaired) electrons. The quantitative estimate of drug-likeness (QED) is 0.792. The molecule has 3 heterocycles. The molecular weight excluding hydrogens is 312 g/mol. The van der Waals surface area contributed by atoms with Gasteiger partial charge in [-0.25, -0.2) is 4.98 Å². The second-order valence-electron chi connectivity index (χ2n) is 6.78. The lowest BCUT2D eigenvalue weighted by Gasteiger charge is -2.32. The van der Waals surface area contributed by atoms with E-state index in [4.69, 9.17) is 0 Å². The first-order valence-corrected chi connectivity index (χ1v) is 8.78. The van der Waals surface area contributed by atoms with Gasteiger partial charge in [0.1, 0.15) is 5.65 Å². The fourth-order valence-electron chi connectivity index (χ4n) is 3.28. The van der Waals surface area contributed by atoms with Crippen molar-refractivity contribution in [2.75, 3.05) is 23.3 Å². The predicted molar refractivity (Wildman–Crippen MR) is 100 cm³/mol. The number of piperidine rings is 1. The SMILES string of the molecule is CC1CCN(c2ccc(NC(=O)c3ccc4nccn4c3)cc2)CC1. The molecule has 4 rings (SSSR count). The number of nitrogens with one attached hydrogen (secondary N) is 1. The number of rotatable bonds is 3. The normalized spacial score (nSPS) is 15.5. The Morgan fingerprint density at radius 3 is 2.64 bits per heavy atom. The number of imidazole rings is 1. The molecule has 0 saturated carbocycles. The smallest absolute Gasteiger partial charge is 0.257 e. The number of carbonyl (C=O) groups is 1. The Morgan fingerprint density at radius 2 is 1.88 bits per heavy atom. The van der Waals surface area contributed by atoms with Crippen molar-refractivity contribution < 1.29 is 4.79 Å². The zero-order chi connectivity index (χ0) is 17.2. The standard InChI is InChI=1S/C20H22N4O/c1-15-8-11-23(12-9-15)18-5-3-17(4-6-18)22-20(25)16-2-7-19-21-10-13-24(19)14-16/h2-7,10,13-15H,8-9,11-12H2,1H3,(H,22,25). The van der Waals surface area contributed by atoms with E-state index < -0.39 is 0 Å². The lowest BCUT2D eigenvalue weighted by atomic mass is 9.99. The van der Waals surface area contributed by atoms with Crippen LogP contribution >= 0.6 is 0 Å². The molecule has 1 aliphatic rings. The van der Waals surface area contributed by atoms with Crippen LogP contribution in [-0.4, -0.2) is 28.4 Å². The van der Waals surface area contributed by atoms with Crippen LogP contribution in [0.25, 0.3) is 5.65 Å². The van der Waals surface area contributed by atoms with E-state index in [2.05, 4.69) is 34.3 Å². The summed E-state index contributed by atoms with van der Waals surface area (Å²) in [6.07, 6.45) is 7.84. The van der Waals surface area contributed by atoms with E-state index in [9.17, 15) is 4.79 Å². The summed E-state index contributed by atoms with van der Waals surface area (Å²) in [7, 11) is 0. The summed E-state index contributed by atoms with van der Waals surface area (Å²) in [5.74, 6) is 0.706. The molecule has 3 aromatic rings. The van der Waals surface area contributed by atoms with E-state index in [1.165, 1.54) is 18.5 Å². The first-order valence-electron chi connectivity index (χ1n) is 8.78. The van der Waals surface area contributed by atoms with Gasteiger partial charge in [0.2, 0.25) is 0 Å². The third kappa shape index (κ3) is 3.36. The lowest BCUT2D eigenvalue weighted by molar-refractivity contribution is 0.102. The van der Waals surface area contributed by atoms with Crippen molar-refractivity contribution in [3.05, 3.63) is 60.6 Å². The average Bonchev–Trinajstić information content (AvgIpc) is 3.11. The van der Waals surface area contributed by atoms with Crippen molar-refractivity contribution in [2.45, 2.75) is 19.8 Å². The number of pyridine rings is 1. The summed E-state index contributed by atoms with van der Waals surface area (Å²) in [6.45, 7) is 4.53. The maximum absolute atomic E-state index is 12.4. The van der Waals surface area contributed by atoms with Crippen LogP contribution in [0.4, 0.5) is 11.4 Å². The summed E-state index contributed by atoms with van der Waals surface area (Å²) in [5, 5.41) is 2.96. The molecular formula is C20H22N4O. The Hall–Kier alpha value is -2.82. The molecule has 1 N–H and O–H groups in total. The molecule has 1 aliphatic heterocycles. The van der Waals surface area contributed by atoms with Crippen LogP contribution in [-0.2, 0) is 0 Å². The highest BCUT2D eigenvalue weighted by atomic mass is 16.1. The van der Waals surface area contributed by atoms with Crippen molar-refractivity contribution in [1.82, 2.24) is 9.38 Å². The lowest BCUT2D eigenvalue weighted by Crippen LogP contribution is -2.32. The highest BCUT2D eigenvalue weighted by Gasteiger charge is 2.16. The van der Waals surface area contributed by atoms with Gasteiger partial charge in [0, 0.05) is 43.1 Å². The molecule has 1 amide bonds. The number of anilines is 2. The highest BCUT2D eigenvalue weighted by molar-refractivity contribution is 6.04. The van der Waals surface area contributed by atoms with Crippen LogP contribution in [0.3, 0.4) is 0 Å². The van der Waals surface area contributed by atoms with Gasteiger partial charge in [-0.1, -0.05) is 6.92 Å². The molecule has 5 heteroatoms. The Balaban J connectivity index is 1.44. The van der Waals surface area contributed by atoms with Crippen LogP contribution < -0.4 is 10.2 Å². The van der Waals surface area contributed by atoms with Gasteiger partial charge in [-0.05, 0) is 55.2 Å².